The lowest BCUT2D eigenvalue weighted by atomic mass is 10.3. The first-order valence-electron chi connectivity index (χ1n) is 5.63. The van der Waals surface area contributed by atoms with E-state index in [0.29, 0.717) is 0 Å². The van der Waals surface area contributed by atoms with Gasteiger partial charge in [-0.3, -0.25) is 4.68 Å². The maximum atomic E-state index is 4.32. The number of aromatic nitrogens is 4. The van der Waals surface area contributed by atoms with Crippen LogP contribution in [-0.2, 0) is 20.0 Å². The summed E-state index contributed by atoms with van der Waals surface area (Å²) in [6.07, 6.45) is 8.38. The summed E-state index contributed by atoms with van der Waals surface area (Å²) in [4.78, 5) is 0. The van der Waals surface area contributed by atoms with Crippen molar-refractivity contribution in [2.75, 3.05) is 6.54 Å². The lowest BCUT2D eigenvalue weighted by Crippen LogP contribution is -2.16. The predicted molar refractivity (Wildman–Crippen MR) is 67.2 cm³/mol. The number of nitrogens with zero attached hydrogens (tertiary/aromatic N) is 4. The Morgan fingerprint density at radius 2 is 2.41 bits per heavy atom. The third kappa shape index (κ3) is 3.29. The predicted octanol–water partition coefficient (Wildman–Crippen LogP) is 1.05. The molecule has 0 saturated carbocycles. The van der Waals surface area contributed by atoms with Crippen LogP contribution in [0.2, 0.25) is 0 Å². The summed E-state index contributed by atoms with van der Waals surface area (Å²) in [6, 6.07) is 2.04. The summed E-state index contributed by atoms with van der Waals surface area (Å²) in [5, 5.41) is 11.8. The summed E-state index contributed by atoms with van der Waals surface area (Å²) in [6.45, 7) is 5.39. The van der Waals surface area contributed by atoms with Crippen molar-refractivity contribution in [2.24, 2.45) is 7.05 Å². The molecule has 1 N–H and O–H groups in total. The van der Waals surface area contributed by atoms with E-state index >= 15 is 0 Å². The van der Waals surface area contributed by atoms with Gasteiger partial charge >= 0.3 is 0 Å². The van der Waals surface area contributed by atoms with Crippen molar-refractivity contribution in [2.45, 2.75) is 13.0 Å². The van der Waals surface area contributed by atoms with Crippen molar-refractivity contribution in [3.8, 4) is 0 Å². The lowest BCUT2D eigenvalue weighted by molar-refractivity contribution is 0.665. The molecule has 0 saturated heterocycles. The molecule has 0 bridgehead atoms. The molecule has 2 heterocycles. The Labute approximate surface area is 101 Å². The molecule has 0 aliphatic rings. The minimum atomic E-state index is 0.820. The molecule has 0 amide bonds. The standard InChI is InChI=1S/C12H17N5/c1-3-17-10-11(9-14-17)8-13-6-4-12-5-7-16(2)15-12/h3,5,7,9-10,13H,1,4,6,8H2,2H3. The molecule has 0 aliphatic carbocycles. The molecule has 2 aromatic heterocycles. The van der Waals surface area contributed by atoms with E-state index in [1.54, 1.807) is 10.9 Å². The fraction of sp³-hybridized carbons (Fsp3) is 0.333. The average molecular weight is 231 g/mol. The zero-order valence-corrected chi connectivity index (χ0v) is 10.0. The van der Waals surface area contributed by atoms with Gasteiger partial charge in [-0.25, -0.2) is 4.68 Å². The van der Waals surface area contributed by atoms with E-state index in [1.807, 2.05) is 36.4 Å². The zero-order valence-electron chi connectivity index (χ0n) is 10.0. The van der Waals surface area contributed by atoms with Gasteiger partial charge in [0, 0.05) is 50.7 Å². The molecule has 17 heavy (non-hydrogen) atoms. The largest absolute Gasteiger partial charge is 0.312 e. The van der Waals surface area contributed by atoms with E-state index in [1.165, 1.54) is 0 Å². The highest BCUT2D eigenvalue weighted by molar-refractivity contribution is 5.17. The van der Waals surface area contributed by atoms with Gasteiger partial charge in [0.05, 0.1) is 11.9 Å². The maximum Gasteiger partial charge on any atom is 0.0637 e. The molecule has 5 heteroatoms. The smallest absolute Gasteiger partial charge is 0.0637 e. The fourth-order valence-corrected chi connectivity index (χ4v) is 1.61. The topological polar surface area (TPSA) is 47.7 Å². The van der Waals surface area contributed by atoms with Crippen LogP contribution >= 0.6 is 0 Å². The van der Waals surface area contributed by atoms with E-state index in [-0.39, 0.29) is 0 Å². The van der Waals surface area contributed by atoms with Crippen LogP contribution in [0.25, 0.3) is 6.20 Å². The highest BCUT2D eigenvalue weighted by Gasteiger charge is 1.98. The quantitative estimate of drug-likeness (QED) is 0.756. The molecule has 0 atom stereocenters. The molecule has 5 nitrogen and oxygen atoms in total. The van der Waals surface area contributed by atoms with Crippen LogP contribution in [0.3, 0.4) is 0 Å². The highest BCUT2D eigenvalue weighted by atomic mass is 15.3. The molecular weight excluding hydrogens is 214 g/mol. The molecule has 2 rings (SSSR count). The monoisotopic (exact) mass is 231 g/mol. The van der Waals surface area contributed by atoms with Gasteiger partial charge in [0.25, 0.3) is 0 Å². The summed E-state index contributed by atoms with van der Waals surface area (Å²) >= 11 is 0. The molecule has 90 valence electrons. The summed E-state index contributed by atoms with van der Waals surface area (Å²) in [5.74, 6) is 0. The maximum absolute atomic E-state index is 4.32. The second-order valence-electron chi connectivity index (χ2n) is 3.92. The van der Waals surface area contributed by atoms with Crippen LogP contribution in [-0.4, -0.2) is 26.1 Å². The van der Waals surface area contributed by atoms with Gasteiger partial charge in [-0.15, -0.1) is 0 Å². The first kappa shape index (κ1) is 11.6. The second-order valence-corrected chi connectivity index (χ2v) is 3.92. The SMILES string of the molecule is C=Cn1cc(CNCCc2ccn(C)n2)cn1. The number of aryl methyl sites for hydroxylation is 1. The molecule has 0 aliphatic heterocycles. The number of rotatable bonds is 6. The van der Waals surface area contributed by atoms with Crippen LogP contribution in [0.1, 0.15) is 11.3 Å². The van der Waals surface area contributed by atoms with Gasteiger partial charge in [0.2, 0.25) is 0 Å². The van der Waals surface area contributed by atoms with Crippen molar-refractivity contribution >= 4 is 6.20 Å². The van der Waals surface area contributed by atoms with Crippen molar-refractivity contribution in [3.63, 3.8) is 0 Å². The Bertz CT molecular complexity index is 483. The Morgan fingerprint density at radius 1 is 1.53 bits per heavy atom. The van der Waals surface area contributed by atoms with Crippen LogP contribution in [0, 0.1) is 0 Å². The van der Waals surface area contributed by atoms with E-state index in [0.717, 1.165) is 30.8 Å². The van der Waals surface area contributed by atoms with Gasteiger partial charge in [-0.05, 0) is 6.07 Å². The summed E-state index contributed by atoms with van der Waals surface area (Å²) in [7, 11) is 1.93. The Morgan fingerprint density at radius 3 is 3.06 bits per heavy atom. The molecular formula is C12H17N5. The molecule has 2 aromatic rings. The van der Waals surface area contributed by atoms with Gasteiger partial charge in [-0.2, -0.15) is 10.2 Å². The van der Waals surface area contributed by atoms with E-state index < -0.39 is 0 Å². The molecule has 0 fully saturated rings. The van der Waals surface area contributed by atoms with Crippen LogP contribution in [0.5, 0.6) is 0 Å². The summed E-state index contributed by atoms with van der Waals surface area (Å²) in [5.41, 5.74) is 2.27. The lowest BCUT2D eigenvalue weighted by Gasteiger charge is -2.00. The van der Waals surface area contributed by atoms with Gasteiger partial charge in [0.15, 0.2) is 0 Å². The number of hydrogen-bond donors (Lipinski definition) is 1. The Kier molecular flexibility index (Phi) is 3.72. The molecule has 0 spiro atoms. The normalized spacial score (nSPS) is 10.6. The second kappa shape index (κ2) is 5.45. The van der Waals surface area contributed by atoms with Crippen LogP contribution < -0.4 is 5.32 Å². The van der Waals surface area contributed by atoms with Crippen LogP contribution in [0.15, 0.2) is 31.2 Å². The van der Waals surface area contributed by atoms with Crippen molar-refractivity contribution in [1.82, 2.24) is 24.9 Å². The van der Waals surface area contributed by atoms with E-state index in [2.05, 4.69) is 22.1 Å². The fourth-order valence-electron chi connectivity index (χ4n) is 1.61. The van der Waals surface area contributed by atoms with Crippen LogP contribution in [0.4, 0.5) is 0 Å². The first-order valence-corrected chi connectivity index (χ1v) is 5.63. The van der Waals surface area contributed by atoms with Crippen molar-refractivity contribution in [1.29, 1.82) is 0 Å². The van der Waals surface area contributed by atoms with Gasteiger partial charge < -0.3 is 5.32 Å². The molecule has 0 aromatic carbocycles. The molecule has 0 unspecified atom stereocenters. The average Bonchev–Trinajstić information content (AvgIpc) is 2.93. The third-order valence-corrected chi connectivity index (χ3v) is 2.50. The Hall–Kier alpha value is -1.88. The zero-order chi connectivity index (χ0) is 12.1. The molecule has 0 radical (unpaired) electrons. The van der Waals surface area contributed by atoms with Crippen molar-refractivity contribution < 1.29 is 0 Å². The summed E-state index contributed by atoms with van der Waals surface area (Å²) < 4.78 is 3.53. The number of hydrogen-bond acceptors (Lipinski definition) is 3. The minimum Gasteiger partial charge on any atom is -0.312 e. The number of nitrogens with one attached hydrogen (secondary N) is 1. The van der Waals surface area contributed by atoms with Crippen molar-refractivity contribution in [3.05, 3.63) is 42.5 Å². The third-order valence-electron chi connectivity index (χ3n) is 2.50. The van der Waals surface area contributed by atoms with E-state index in [9.17, 15) is 0 Å². The van der Waals surface area contributed by atoms with E-state index in [4.69, 9.17) is 0 Å². The minimum absolute atomic E-state index is 0.820. The van der Waals surface area contributed by atoms with Gasteiger partial charge in [0.1, 0.15) is 0 Å². The highest BCUT2D eigenvalue weighted by Crippen LogP contribution is 1.98. The first-order chi connectivity index (χ1) is 8.28. The van der Waals surface area contributed by atoms with Gasteiger partial charge in [-0.1, -0.05) is 6.58 Å². The Balaban J connectivity index is 1.71.